The molecule has 0 saturated heterocycles. The van der Waals surface area contributed by atoms with Crippen molar-refractivity contribution >= 4 is 11.9 Å². The minimum Gasteiger partial charge on any atom is -0.461 e. The van der Waals surface area contributed by atoms with E-state index in [1.807, 2.05) is 0 Å². The van der Waals surface area contributed by atoms with E-state index >= 15 is 0 Å². The summed E-state index contributed by atoms with van der Waals surface area (Å²) in [6.45, 7) is 10.4. The quantitative estimate of drug-likeness (QED) is 0.357. The summed E-state index contributed by atoms with van der Waals surface area (Å²) in [7, 11) is 0. The fraction of sp³-hybridized carbons (Fsp3) is 0.333. The van der Waals surface area contributed by atoms with E-state index in [1.165, 1.54) is 18.2 Å². The minimum absolute atomic E-state index is 0.0706. The third-order valence-electron chi connectivity index (χ3n) is 1.66. The minimum atomic E-state index is -0.961. The molecule has 0 unspecified atom stereocenters. The van der Waals surface area contributed by atoms with Crippen molar-refractivity contribution in [1.82, 2.24) is 0 Å². The van der Waals surface area contributed by atoms with E-state index in [9.17, 15) is 9.59 Å². The molecule has 0 N–H and O–H groups in total. The molecule has 16 heavy (non-hydrogen) atoms. The number of rotatable bonds is 8. The molecule has 0 aromatic heterocycles. The van der Waals surface area contributed by atoms with E-state index in [2.05, 4.69) is 19.7 Å². The second kappa shape index (κ2) is 8.47. The number of carbonyl (C=O) groups is 2. The number of hydrogen-bond acceptors (Lipinski definition) is 4. The highest BCUT2D eigenvalue weighted by molar-refractivity contribution is 5.95. The van der Waals surface area contributed by atoms with Gasteiger partial charge in [0.2, 0.25) is 0 Å². The van der Waals surface area contributed by atoms with Gasteiger partial charge in [-0.15, -0.1) is 6.58 Å². The van der Waals surface area contributed by atoms with Crippen molar-refractivity contribution in [2.24, 2.45) is 5.92 Å². The van der Waals surface area contributed by atoms with Crippen LogP contribution < -0.4 is 0 Å². The Morgan fingerprint density at radius 2 is 1.38 bits per heavy atom. The predicted molar refractivity (Wildman–Crippen MR) is 60.6 cm³/mol. The lowest BCUT2D eigenvalue weighted by Crippen LogP contribution is -2.27. The molecule has 0 aromatic rings. The van der Waals surface area contributed by atoms with Crippen molar-refractivity contribution in [2.75, 3.05) is 13.2 Å². The van der Waals surface area contributed by atoms with E-state index in [0.717, 1.165) is 0 Å². The number of carbonyl (C=O) groups excluding carboxylic acids is 2. The molecule has 0 radical (unpaired) electrons. The molecule has 0 aliphatic rings. The van der Waals surface area contributed by atoms with Crippen LogP contribution in [0.2, 0.25) is 0 Å². The largest absolute Gasteiger partial charge is 0.461 e. The lowest BCUT2D eigenvalue weighted by Gasteiger charge is -2.12. The third kappa shape index (κ3) is 5.14. The Balaban J connectivity index is 4.38. The molecule has 0 aliphatic heterocycles. The summed E-state index contributed by atoms with van der Waals surface area (Å²) in [5.74, 6) is -2.22. The molecule has 0 amide bonds. The van der Waals surface area contributed by atoms with Crippen molar-refractivity contribution in [3.05, 3.63) is 38.0 Å². The molecule has 0 aliphatic carbocycles. The summed E-state index contributed by atoms with van der Waals surface area (Å²) < 4.78 is 9.55. The van der Waals surface area contributed by atoms with Crippen molar-refractivity contribution < 1.29 is 19.1 Å². The van der Waals surface area contributed by atoms with E-state index in [-0.39, 0.29) is 19.6 Å². The molecular weight excluding hydrogens is 208 g/mol. The summed E-state index contributed by atoms with van der Waals surface area (Å²) >= 11 is 0. The Morgan fingerprint density at radius 3 is 1.69 bits per heavy atom. The number of ether oxygens (including phenoxy) is 2. The molecular formula is C12H16O4. The monoisotopic (exact) mass is 224 g/mol. The van der Waals surface area contributed by atoms with Crippen LogP contribution in [0.15, 0.2) is 38.0 Å². The SMILES string of the molecule is C=CCOC(=O)C(CC=C)C(=O)OCC=C. The van der Waals surface area contributed by atoms with E-state index in [4.69, 9.17) is 9.47 Å². The summed E-state index contributed by atoms with van der Waals surface area (Å²) in [5, 5.41) is 0. The molecule has 0 heterocycles. The van der Waals surface area contributed by atoms with Crippen LogP contribution in [0.4, 0.5) is 0 Å². The smallest absolute Gasteiger partial charge is 0.320 e. The second-order valence-corrected chi connectivity index (χ2v) is 2.91. The molecule has 0 atom stereocenters. The van der Waals surface area contributed by atoms with Crippen LogP contribution in [0.3, 0.4) is 0 Å². The first kappa shape index (κ1) is 14.2. The fourth-order valence-electron chi connectivity index (χ4n) is 0.939. The van der Waals surface area contributed by atoms with Gasteiger partial charge >= 0.3 is 11.9 Å². The second-order valence-electron chi connectivity index (χ2n) is 2.91. The molecule has 0 aromatic carbocycles. The molecule has 0 spiro atoms. The van der Waals surface area contributed by atoms with E-state index in [1.54, 1.807) is 0 Å². The third-order valence-corrected chi connectivity index (χ3v) is 1.66. The molecule has 88 valence electrons. The summed E-state index contributed by atoms with van der Waals surface area (Å²) in [6, 6.07) is 0. The van der Waals surface area contributed by atoms with Gasteiger partial charge in [-0.2, -0.15) is 0 Å². The van der Waals surface area contributed by atoms with Gasteiger partial charge in [0.05, 0.1) is 0 Å². The summed E-state index contributed by atoms with van der Waals surface area (Å²) in [6.07, 6.45) is 4.51. The molecule has 0 saturated carbocycles. The van der Waals surface area contributed by atoms with Crippen molar-refractivity contribution in [3.63, 3.8) is 0 Å². The lowest BCUT2D eigenvalue weighted by molar-refractivity contribution is -0.160. The summed E-state index contributed by atoms with van der Waals surface area (Å²) in [5.41, 5.74) is 0. The molecule has 0 rings (SSSR count). The summed E-state index contributed by atoms with van der Waals surface area (Å²) in [4.78, 5) is 22.9. The number of allylic oxidation sites excluding steroid dienone is 1. The topological polar surface area (TPSA) is 52.6 Å². The van der Waals surface area contributed by atoms with Gasteiger partial charge in [0, 0.05) is 0 Å². The predicted octanol–water partition coefficient (Wildman–Crippen LogP) is 1.64. The van der Waals surface area contributed by atoms with Crippen molar-refractivity contribution in [1.29, 1.82) is 0 Å². The molecule has 0 fully saturated rings. The zero-order valence-corrected chi connectivity index (χ0v) is 9.19. The molecule has 4 nitrogen and oxygen atoms in total. The van der Waals surface area contributed by atoms with Crippen molar-refractivity contribution in [2.45, 2.75) is 6.42 Å². The normalized spacial score (nSPS) is 9.31. The van der Waals surface area contributed by atoms with Gasteiger partial charge in [-0.3, -0.25) is 9.59 Å². The zero-order chi connectivity index (χ0) is 12.4. The van der Waals surface area contributed by atoms with Crippen LogP contribution in [0, 0.1) is 5.92 Å². The van der Waals surface area contributed by atoms with Gasteiger partial charge in [-0.05, 0) is 6.42 Å². The highest BCUT2D eigenvalue weighted by Crippen LogP contribution is 2.09. The molecule has 0 bridgehead atoms. The Labute approximate surface area is 95.2 Å². The van der Waals surface area contributed by atoms with Gasteiger partial charge < -0.3 is 9.47 Å². The Hall–Kier alpha value is -1.84. The van der Waals surface area contributed by atoms with Gasteiger partial charge in [-0.25, -0.2) is 0 Å². The van der Waals surface area contributed by atoms with E-state index in [0.29, 0.717) is 0 Å². The Kier molecular flexibility index (Phi) is 7.49. The van der Waals surface area contributed by atoms with Crippen molar-refractivity contribution in [3.8, 4) is 0 Å². The van der Waals surface area contributed by atoms with Crippen LogP contribution in [0.5, 0.6) is 0 Å². The number of hydrogen-bond donors (Lipinski definition) is 0. The lowest BCUT2D eigenvalue weighted by atomic mass is 10.1. The van der Waals surface area contributed by atoms with E-state index < -0.39 is 17.9 Å². The van der Waals surface area contributed by atoms with Gasteiger partial charge in [-0.1, -0.05) is 31.4 Å². The number of esters is 2. The van der Waals surface area contributed by atoms with Gasteiger partial charge in [0.25, 0.3) is 0 Å². The van der Waals surface area contributed by atoms with Crippen LogP contribution in [0.1, 0.15) is 6.42 Å². The average Bonchev–Trinajstić information content (AvgIpc) is 2.29. The van der Waals surface area contributed by atoms with Crippen LogP contribution >= 0.6 is 0 Å². The fourth-order valence-corrected chi connectivity index (χ4v) is 0.939. The first-order valence-corrected chi connectivity index (χ1v) is 4.83. The molecule has 4 heteroatoms. The highest BCUT2D eigenvalue weighted by Gasteiger charge is 2.27. The standard InChI is InChI=1S/C12H16O4/c1-4-7-10(11(13)15-8-5-2)12(14)16-9-6-3/h4-6,10H,1-3,7-9H2. The first-order chi connectivity index (χ1) is 7.67. The van der Waals surface area contributed by atoms with Crippen LogP contribution in [-0.4, -0.2) is 25.2 Å². The Bertz CT molecular complexity index is 257. The maximum atomic E-state index is 11.5. The zero-order valence-electron chi connectivity index (χ0n) is 9.19. The highest BCUT2D eigenvalue weighted by atomic mass is 16.6. The maximum Gasteiger partial charge on any atom is 0.320 e. The van der Waals surface area contributed by atoms with Crippen LogP contribution in [-0.2, 0) is 19.1 Å². The van der Waals surface area contributed by atoms with Gasteiger partial charge in [0.15, 0.2) is 5.92 Å². The van der Waals surface area contributed by atoms with Crippen LogP contribution in [0.25, 0.3) is 0 Å². The Morgan fingerprint density at radius 1 is 0.938 bits per heavy atom. The first-order valence-electron chi connectivity index (χ1n) is 4.83. The van der Waals surface area contributed by atoms with Gasteiger partial charge in [0.1, 0.15) is 13.2 Å². The average molecular weight is 224 g/mol. The maximum absolute atomic E-state index is 11.5.